The van der Waals surface area contributed by atoms with Crippen molar-refractivity contribution in [1.82, 2.24) is 14.9 Å². The van der Waals surface area contributed by atoms with Gasteiger partial charge in [0.25, 0.3) is 5.91 Å². The number of fused-ring (bicyclic) bond motifs is 1. The maximum atomic E-state index is 13.6. The van der Waals surface area contributed by atoms with Crippen molar-refractivity contribution in [3.8, 4) is 0 Å². The molecule has 3 aromatic rings. The predicted molar refractivity (Wildman–Crippen MR) is 99.1 cm³/mol. The molecule has 3 heterocycles. The van der Waals surface area contributed by atoms with Crippen molar-refractivity contribution in [2.24, 2.45) is 0 Å². The van der Waals surface area contributed by atoms with E-state index in [2.05, 4.69) is 15.3 Å². The SMILES string of the molecule is Cc1ccc2c(Nc3cc(F)cc(F)c3)c(C(=O)N3CCCC3)cnc2n1. The first-order chi connectivity index (χ1) is 13.0. The van der Waals surface area contributed by atoms with Crippen molar-refractivity contribution in [3.63, 3.8) is 0 Å². The molecule has 0 bridgehead atoms. The summed E-state index contributed by atoms with van der Waals surface area (Å²) in [6, 6.07) is 6.79. The molecule has 1 saturated heterocycles. The highest BCUT2D eigenvalue weighted by Crippen LogP contribution is 2.30. The van der Waals surface area contributed by atoms with Crippen molar-refractivity contribution >= 4 is 28.3 Å². The standard InChI is InChI=1S/C20H18F2N4O/c1-12-4-5-16-18(25-15-9-13(21)8-14(22)10-15)17(11-23-19(16)24-12)20(27)26-6-2-3-7-26/h4-5,8-11H,2-3,6-7H2,1H3,(H,23,24,25). The van der Waals surface area contributed by atoms with Crippen molar-refractivity contribution in [2.45, 2.75) is 19.8 Å². The first kappa shape index (κ1) is 17.3. The van der Waals surface area contributed by atoms with Gasteiger partial charge < -0.3 is 10.2 Å². The molecular formula is C20H18F2N4O. The number of rotatable bonds is 3. The second kappa shape index (κ2) is 6.90. The molecule has 0 aliphatic carbocycles. The van der Waals surface area contributed by atoms with Gasteiger partial charge >= 0.3 is 0 Å². The summed E-state index contributed by atoms with van der Waals surface area (Å²) in [4.78, 5) is 23.5. The quantitative estimate of drug-likeness (QED) is 0.753. The van der Waals surface area contributed by atoms with Crippen LogP contribution in [0.3, 0.4) is 0 Å². The summed E-state index contributed by atoms with van der Waals surface area (Å²) in [6.45, 7) is 3.23. The Morgan fingerprint density at radius 2 is 1.81 bits per heavy atom. The molecule has 0 radical (unpaired) electrons. The molecule has 4 rings (SSSR count). The zero-order chi connectivity index (χ0) is 19.0. The first-order valence-corrected chi connectivity index (χ1v) is 8.80. The highest BCUT2D eigenvalue weighted by Gasteiger charge is 2.24. The Morgan fingerprint density at radius 3 is 2.52 bits per heavy atom. The lowest BCUT2D eigenvalue weighted by atomic mass is 10.1. The van der Waals surface area contributed by atoms with Gasteiger partial charge in [-0.25, -0.2) is 18.7 Å². The van der Waals surface area contributed by atoms with Gasteiger partial charge in [-0.2, -0.15) is 0 Å². The van der Waals surface area contributed by atoms with Gasteiger partial charge in [-0.1, -0.05) is 0 Å². The van der Waals surface area contributed by atoms with Crippen LogP contribution < -0.4 is 5.32 Å². The molecule has 27 heavy (non-hydrogen) atoms. The van der Waals surface area contributed by atoms with Gasteiger partial charge in [0, 0.05) is 42.1 Å². The van der Waals surface area contributed by atoms with E-state index in [-0.39, 0.29) is 11.6 Å². The summed E-state index contributed by atoms with van der Waals surface area (Å²) in [7, 11) is 0. The van der Waals surface area contributed by atoms with Crippen LogP contribution in [0.5, 0.6) is 0 Å². The third kappa shape index (κ3) is 3.45. The number of hydrogen-bond acceptors (Lipinski definition) is 4. The van der Waals surface area contributed by atoms with E-state index in [1.807, 2.05) is 19.1 Å². The van der Waals surface area contributed by atoms with Crippen LogP contribution in [0.1, 0.15) is 28.9 Å². The monoisotopic (exact) mass is 368 g/mol. The Morgan fingerprint density at radius 1 is 1.11 bits per heavy atom. The number of hydrogen-bond donors (Lipinski definition) is 1. The van der Waals surface area contributed by atoms with Crippen LogP contribution in [-0.2, 0) is 0 Å². The fourth-order valence-corrected chi connectivity index (χ4v) is 3.33. The molecule has 5 nitrogen and oxygen atoms in total. The molecule has 1 aliphatic rings. The van der Waals surface area contributed by atoms with Gasteiger partial charge in [-0.15, -0.1) is 0 Å². The van der Waals surface area contributed by atoms with Crippen LogP contribution in [0.2, 0.25) is 0 Å². The number of aromatic nitrogens is 2. The first-order valence-electron chi connectivity index (χ1n) is 8.80. The number of halogens is 2. The minimum atomic E-state index is -0.697. The Balaban J connectivity index is 1.85. The van der Waals surface area contributed by atoms with E-state index in [0.717, 1.165) is 24.6 Å². The van der Waals surface area contributed by atoms with E-state index in [1.54, 1.807) is 4.90 Å². The molecule has 7 heteroatoms. The number of carbonyl (C=O) groups excluding carboxylic acids is 1. The molecule has 1 fully saturated rings. The normalized spacial score (nSPS) is 14.0. The molecule has 1 amide bonds. The molecular weight excluding hydrogens is 350 g/mol. The summed E-state index contributed by atoms with van der Waals surface area (Å²) in [6.07, 6.45) is 3.41. The van der Waals surface area contributed by atoms with Crippen molar-refractivity contribution < 1.29 is 13.6 Å². The van der Waals surface area contributed by atoms with Crippen molar-refractivity contribution in [1.29, 1.82) is 0 Å². The molecule has 1 aliphatic heterocycles. The van der Waals surface area contributed by atoms with Gasteiger partial charge in [-0.05, 0) is 44.0 Å². The molecule has 138 valence electrons. The molecule has 0 atom stereocenters. The van der Waals surface area contributed by atoms with E-state index in [0.29, 0.717) is 35.4 Å². The highest BCUT2D eigenvalue weighted by molar-refractivity contribution is 6.07. The average molecular weight is 368 g/mol. The Labute approximate surface area is 155 Å². The molecule has 1 aromatic carbocycles. The minimum Gasteiger partial charge on any atom is -0.354 e. The van der Waals surface area contributed by atoms with Crippen molar-refractivity contribution in [3.05, 3.63) is 59.4 Å². The Kier molecular flexibility index (Phi) is 4.43. The summed E-state index contributed by atoms with van der Waals surface area (Å²) < 4.78 is 27.2. The number of likely N-dealkylation sites (tertiary alicyclic amines) is 1. The molecule has 2 aromatic heterocycles. The Hall–Kier alpha value is -3.09. The number of nitrogens with zero attached hydrogens (tertiary/aromatic N) is 3. The summed E-state index contributed by atoms with van der Waals surface area (Å²) in [5.41, 5.74) is 2.29. The smallest absolute Gasteiger partial charge is 0.257 e. The van der Waals surface area contributed by atoms with Gasteiger partial charge in [0.2, 0.25) is 0 Å². The van der Waals surface area contributed by atoms with Crippen LogP contribution in [-0.4, -0.2) is 33.9 Å². The molecule has 0 unspecified atom stereocenters. The summed E-state index contributed by atoms with van der Waals surface area (Å²) >= 11 is 0. The van der Waals surface area contributed by atoms with Crippen LogP contribution >= 0.6 is 0 Å². The van der Waals surface area contributed by atoms with E-state index >= 15 is 0 Å². The average Bonchev–Trinajstić information content (AvgIpc) is 3.15. The minimum absolute atomic E-state index is 0.151. The third-order valence-electron chi connectivity index (χ3n) is 4.62. The predicted octanol–water partition coefficient (Wildman–Crippen LogP) is 4.20. The second-order valence-electron chi connectivity index (χ2n) is 6.65. The van der Waals surface area contributed by atoms with Gasteiger partial charge in [0.05, 0.1) is 11.3 Å². The highest BCUT2D eigenvalue weighted by atomic mass is 19.1. The van der Waals surface area contributed by atoms with E-state index in [1.165, 1.54) is 18.3 Å². The van der Waals surface area contributed by atoms with Gasteiger partial charge in [0.15, 0.2) is 5.65 Å². The lowest BCUT2D eigenvalue weighted by Gasteiger charge is -2.19. The van der Waals surface area contributed by atoms with Gasteiger partial charge in [-0.3, -0.25) is 4.79 Å². The van der Waals surface area contributed by atoms with Crippen molar-refractivity contribution in [2.75, 3.05) is 18.4 Å². The lowest BCUT2D eigenvalue weighted by molar-refractivity contribution is 0.0793. The fraction of sp³-hybridized carbons (Fsp3) is 0.250. The van der Waals surface area contributed by atoms with Crippen LogP contribution in [0, 0.1) is 18.6 Å². The molecule has 1 N–H and O–H groups in total. The number of nitrogens with one attached hydrogen (secondary N) is 1. The maximum Gasteiger partial charge on any atom is 0.257 e. The van der Waals surface area contributed by atoms with E-state index < -0.39 is 11.6 Å². The molecule has 0 saturated carbocycles. The lowest BCUT2D eigenvalue weighted by Crippen LogP contribution is -2.28. The zero-order valence-electron chi connectivity index (χ0n) is 14.8. The topological polar surface area (TPSA) is 58.1 Å². The van der Waals surface area contributed by atoms with E-state index in [4.69, 9.17) is 0 Å². The maximum absolute atomic E-state index is 13.6. The fourth-order valence-electron chi connectivity index (χ4n) is 3.33. The number of aryl methyl sites for hydroxylation is 1. The Bertz CT molecular complexity index is 1010. The van der Waals surface area contributed by atoms with Gasteiger partial charge in [0.1, 0.15) is 11.6 Å². The van der Waals surface area contributed by atoms with Crippen LogP contribution in [0.15, 0.2) is 36.5 Å². The number of benzene rings is 1. The number of carbonyl (C=O) groups is 1. The third-order valence-corrected chi connectivity index (χ3v) is 4.62. The zero-order valence-corrected chi connectivity index (χ0v) is 14.8. The van der Waals surface area contributed by atoms with E-state index in [9.17, 15) is 13.6 Å². The molecule has 0 spiro atoms. The van der Waals surface area contributed by atoms with Crippen LogP contribution in [0.4, 0.5) is 20.2 Å². The second-order valence-corrected chi connectivity index (χ2v) is 6.65. The summed E-state index contributed by atoms with van der Waals surface area (Å²) in [5.74, 6) is -1.55. The van der Waals surface area contributed by atoms with Crippen LogP contribution in [0.25, 0.3) is 11.0 Å². The number of amides is 1. The number of pyridine rings is 2. The summed E-state index contributed by atoms with van der Waals surface area (Å²) in [5, 5.41) is 3.63. The number of anilines is 2. The largest absolute Gasteiger partial charge is 0.354 e.